The standard InChI is InChI=1S/C17H13O/c1-18-15-9-4-8-14(12-15)17-11-5-7-13-6-2-3-10-16(13)17/h2-7,9-12H,1H3. The van der Waals surface area contributed by atoms with Crippen LogP contribution in [0.25, 0.3) is 21.9 Å². The Balaban J connectivity index is 2.24. The summed E-state index contributed by atoms with van der Waals surface area (Å²) in [6, 6.07) is 23.8. The summed E-state index contributed by atoms with van der Waals surface area (Å²) in [5, 5.41) is 2.48. The van der Waals surface area contributed by atoms with Crippen LogP contribution in [0.4, 0.5) is 0 Å². The molecule has 87 valence electrons. The van der Waals surface area contributed by atoms with E-state index in [2.05, 4.69) is 48.5 Å². The molecule has 0 aliphatic rings. The van der Waals surface area contributed by atoms with Crippen molar-refractivity contribution >= 4 is 10.8 Å². The molecule has 0 aromatic heterocycles. The summed E-state index contributed by atoms with van der Waals surface area (Å²) >= 11 is 0. The van der Waals surface area contributed by atoms with Crippen molar-refractivity contribution in [3.63, 3.8) is 0 Å². The third-order valence-corrected chi connectivity index (χ3v) is 3.09. The molecule has 0 saturated carbocycles. The van der Waals surface area contributed by atoms with E-state index >= 15 is 0 Å². The molecule has 1 nitrogen and oxygen atoms in total. The molecule has 0 spiro atoms. The molecule has 0 atom stereocenters. The van der Waals surface area contributed by atoms with E-state index in [9.17, 15) is 0 Å². The van der Waals surface area contributed by atoms with Crippen molar-refractivity contribution in [2.24, 2.45) is 0 Å². The first-order valence-electron chi connectivity index (χ1n) is 5.92. The topological polar surface area (TPSA) is 9.23 Å². The molecule has 0 aliphatic carbocycles. The normalized spacial score (nSPS) is 10.5. The summed E-state index contributed by atoms with van der Waals surface area (Å²) in [6.07, 6.45) is 0. The number of benzene rings is 3. The Morgan fingerprint density at radius 2 is 1.78 bits per heavy atom. The van der Waals surface area contributed by atoms with Crippen molar-refractivity contribution in [2.75, 3.05) is 7.11 Å². The predicted octanol–water partition coefficient (Wildman–Crippen LogP) is 4.32. The van der Waals surface area contributed by atoms with Gasteiger partial charge in [0.1, 0.15) is 5.75 Å². The van der Waals surface area contributed by atoms with E-state index in [-0.39, 0.29) is 0 Å². The first-order valence-corrected chi connectivity index (χ1v) is 5.92. The smallest absolute Gasteiger partial charge is 0.119 e. The minimum atomic E-state index is 0.858. The van der Waals surface area contributed by atoms with Crippen molar-refractivity contribution in [1.82, 2.24) is 0 Å². The second-order valence-electron chi connectivity index (χ2n) is 4.17. The van der Waals surface area contributed by atoms with E-state index in [1.165, 1.54) is 16.3 Å². The van der Waals surface area contributed by atoms with Crippen LogP contribution >= 0.6 is 0 Å². The zero-order chi connectivity index (χ0) is 12.4. The van der Waals surface area contributed by atoms with Crippen LogP contribution in [0, 0.1) is 6.07 Å². The fourth-order valence-electron chi connectivity index (χ4n) is 2.19. The molecular weight excluding hydrogens is 220 g/mol. The van der Waals surface area contributed by atoms with Gasteiger partial charge < -0.3 is 4.74 Å². The van der Waals surface area contributed by atoms with Crippen molar-refractivity contribution < 1.29 is 4.74 Å². The maximum absolute atomic E-state index is 5.27. The molecule has 0 unspecified atom stereocenters. The monoisotopic (exact) mass is 233 g/mol. The van der Waals surface area contributed by atoms with E-state index in [1.807, 2.05) is 18.2 Å². The number of methoxy groups -OCH3 is 1. The predicted molar refractivity (Wildman–Crippen MR) is 74.8 cm³/mol. The minimum absolute atomic E-state index is 0.858. The van der Waals surface area contributed by atoms with Crippen LogP contribution in [0.2, 0.25) is 0 Å². The summed E-state index contributed by atoms with van der Waals surface area (Å²) in [5.41, 5.74) is 2.25. The zero-order valence-electron chi connectivity index (χ0n) is 10.2. The van der Waals surface area contributed by atoms with Crippen LogP contribution < -0.4 is 4.74 Å². The van der Waals surface area contributed by atoms with Gasteiger partial charge in [-0.05, 0) is 40.1 Å². The maximum atomic E-state index is 5.27. The highest BCUT2D eigenvalue weighted by atomic mass is 16.5. The van der Waals surface area contributed by atoms with Gasteiger partial charge in [-0.1, -0.05) is 48.5 Å². The first kappa shape index (κ1) is 10.8. The number of hydrogen-bond donors (Lipinski definition) is 0. The molecule has 1 heteroatoms. The van der Waals surface area contributed by atoms with Crippen LogP contribution in [0.15, 0.2) is 60.7 Å². The lowest BCUT2D eigenvalue weighted by molar-refractivity contribution is 0.415. The number of ether oxygens (including phenoxy) is 1. The van der Waals surface area contributed by atoms with Gasteiger partial charge in [-0.3, -0.25) is 0 Å². The molecule has 0 saturated heterocycles. The van der Waals surface area contributed by atoms with Gasteiger partial charge in [-0.25, -0.2) is 0 Å². The van der Waals surface area contributed by atoms with E-state index in [4.69, 9.17) is 4.74 Å². The average Bonchev–Trinajstić information content (AvgIpc) is 2.47. The molecular formula is C17H13O. The Morgan fingerprint density at radius 3 is 2.67 bits per heavy atom. The Hall–Kier alpha value is -2.28. The molecule has 3 rings (SSSR count). The molecule has 0 N–H and O–H groups in total. The third-order valence-electron chi connectivity index (χ3n) is 3.09. The van der Waals surface area contributed by atoms with Gasteiger partial charge in [0.05, 0.1) is 7.11 Å². The SMILES string of the molecule is COc1cc[c]c(-c2cccc3ccccc23)c1. The van der Waals surface area contributed by atoms with Crippen molar-refractivity contribution in [3.05, 3.63) is 66.7 Å². The second-order valence-corrected chi connectivity index (χ2v) is 4.17. The first-order chi connectivity index (χ1) is 8.88. The molecule has 0 amide bonds. The number of hydrogen-bond acceptors (Lipinski definition) is 1. The quantitative estimate of drug-likeness (QED) is 0.640. The molecule has 1 radical (unpaired) electrons. The van der Waals surface area contributed by atoms with Gasteiger partial charge in [0.15, 0.2) is 0 Å². The summed E-state index contributed by atoms with van der Waals surface area (Å²) in [7, 11) is 1.68. The highest BCUT2D eigenvalue weighted by molar-refractivity contribution is 5.96. The largest absolute Gasteiger partial charge is 0.497 e. The summed E-state index contributed by atoms with van der Waals surface area (Å²) in [5.74, 6) is 0.858. The van der Waals surface area contributed by atoms with Gasteiger partial charge in [-0.2, -0.15) is 0 Å². The summed E-state index contributed by atoms with van der Waals surface area (Å²) in [6.45, 7) is 0. The number of rotatable bonds is 2. The lowest BCUT2D eigenvalue weighted by Crippen LogP contribution is -1.85. The third kappa shape index (κ3) is 1.84. The average molecular weight is 233 g/mol. The highest BCUT2D eigenvalue weighted by Crippen LogP contribution is 2.30. The van der Waals surface area contributed by atoms with Gasteiger partial charge in [0.25, 0.3) is 0 Å². The molecule has 0 fully saturated rings. The van der Waals surface area contributed by atoms with Crippen molar-refractivity contribution in [1.29, 1.82) is 0 Å². The van der Waals surface area contributed by atoms with E-state index in [0.717, 1.165) is 11.3 Å². The molecule has 18 heavy (non-hydrogen) atoms. The van der Waals surface area contributed by atoms with Crippen molar-refractivity contribution in [3.8, 4) is 16.9 Å². The summed E-state index contributed by atoms with van der Waals surface area (Å²) < 4.78 is 5.27. The minimum Gasteiger partial charge on any atom is -0.497 e. The Morgan fingerprint density at radius 1 is 0.944 bits per heavy atom. The van der Waals surface area contributed by atoms with E-state index in [1.54, 1.807) is 7.11 Å². The lowest BCUT2D eigenvalue weighted by atomic mass is 9.98. The lowest BCUT2D eigenvalue weighted by Gasteiger charge is -2.07. The van der Waals surface area contributed by atoms with Gasteiger partial charge >= 0.3 is 0 Å². The van der Waals surface area contributed by atoms with Crippen LogP contribution in [0.1, 0.15) is 0 Å². The van der Waals surface area contributed by atoms with Crippen LogP contribution in [0.5, 0.6) is 5.75 Å². The molecule has 0 heterocycles. The molecule has 0 aliphatic heterocycles. The zero-order valence-corrected chi connectivity index (χ0v) is 10.2. The van der Waals surface area contributed by atoms with Gasteiger partial charge in [-0.15, -0.1) is 0 Å². The van der Waals surface area contributed by atoms with Gasteiger partial charge in [0, 0.05) is 0 Å². The second kappa shape index (κ2) is 4.53. The fourth-order valence-corrected chi connectivity index (χ4v) is 2.19. The number of fused-ring (bicyclic) bond motifs is 1. The summed E-state index contributed by atoms with van der Waals surface area (Å²) in [4.78, 5) is 0. The fraction of sp³-hybridized carbons (Fsp3) is 0.0588. The van der Waals surface area contributed by atoms with Crippen molar-refractivity contribution in [2.45, 2.75) is 0 Å². The molecule has 3 aromatic rings. The van der Waals surface area contributed by atoms with E-state index in [0.29, 0.717) is 0 Å². The van der Waals surface area contributed by atoms with Crippen LogP contribution in [-0.4, -0.2) is 7.11 Å². The van der Waals surface area contributed by atoms with Gasteiger partial charge in [0.2, 0.25) is 0 Å². The van der Waals surface area contributed by atoms with Crippen LogP contribution in [-0.2, 0) is 0 Å². The Bertz CT molecular complexity index is 681. The Labute approximate surface area is 107 Å². The van der Waals surface area contributed by atoms with E-state index < -0.39 is 0 Å². The molecule has 0 bridgehead atoms. The highest BCUT2D eigenvalue weighted by Gasteiger charge is 2.04. The Kier molecular flexibility index (Phi) is 2.73. The maximum Gasteiger partial charge on any atom is 0.119 e. The van der Waals surface area contributed by atoms with Crippen LogP contribution in [0.3, 0.4) is 0 Å². The molecule has 3 aromatic carbocycles.